The summed E-state index contributed by atoms with van der Waals surface area (Å²) >= 11 is 0. The third-order valence-corrected chi connectivity index (χ3v) is 3.30. The highest BCUT2D eigenvalue weighted by molar-refractivity contribution is 5.69. The van der Waals surface area contributed by atoms with E-state index >= 15 is 0 Å². The number of hydrogen-bond donors (Lipinski definition) is 1. The molecule has 0 amide bonds. The minimum atomic E-state index is -0.406. The number of aliphatic hydroxyl groups is 1. The van der Waals surface area contributed by atoms with Crippen molar-refractivity contribution >= 4 is 5.97 Å². The van der Waals surface area contributed by atoms with Gasteiger partial charge in [-0.2, -0.15) is 0 Å². The van der Waals surface area contributed by atoms with E-state index in [0.29, 0.717) is 19.4 Å². The van der Waals surface area contributed by atoms with Gasteiger partial charge >= 0.3 is 5.97 Å². The number of allylic oxidation sites excluding steroid dienone is 8. The number of ether oxygens (including phenoxy) is 1. The van der Waals surface area contributed by atoms with Gasteiger partial charge in [-0.3, -0.25) is 4.79 Å². The number of carbonyl (C=O) groups excluding carboxylic acids is 1. The largest absolute Gasteiger partial charge is 0.466 e. The van der Waals surface area contributed by atoms with Crippen LogP contribution in [0.5, 0.6) is 0 Å². The van der Waals surface area contributed by atoms with E-state index in [9.17, 15) is 9.90 Å². The fourth-order valence-corrected chi connectivity index (χ4v) is 1.99. The number of carbonyl (C=O) groups is 1. The van der Waals surface area contributed by atoms with Gasteiger partial charge in [0.1, 0.15) is 0 Å². The smallest absolute Gasteiger partial charge is 0.305 e. The second-order valence-electron chi connectivity index (χ2n) is 5.61. The van der Waals surface area contributed by atoms with E-state index in [0.717, 1.165) is 32.1 Å². The topological polar surface area (TPSA) is 46.5 Å². The van der Waals surface area contributed by atoms with Gasteiger partial charge in [0, 0.05) is 6.42 Å². The predicted molar refractivity (Wildman–Crippen MR) is 106 cm³/mol. The molecule has 1 atom stereocenters. The Labute approximate surface area is 153 Å². The summed E-state index contributed by atoms with van der Waals surface area (Å²) in [6, 6.07) is 0. The Kier molecular flexibility index (Phi) is 17.1. The Hall–Kier alpha value is -1.87. The Morgan fingerprint density at radius 2 is 1.68 bits per heavy atom. The normalized spacial score (nSPS) is 13.9. The third-order valence-electron chi connectivity index (χ3n) is 3.30. The lowest BCUT2D eigenvalue weighted by Crippen LogP contribution is -2.02. The van der Waals surface area contributed by atoms with Crippen LogP contribution < -0.4 is 0 Å². The first-order valence-electron chi connectivity index (χ1n) is 9.32. The molecule has 0 fully saturated rings. The molecule has 0 aliphatic heterocycles. The quantitative estimate of drug-likeness (QED) is 0.197. The molecule has 3 nitrogen and oxygen atoms in total. The van der Waals surface area contributed by atoms with Crippen LogP contribution in [0.4, 0.5) is 0 Å². The second-order valence-corrected chi connectivity index (χ2v) is 5.61. The van der Waals surface area contributed by atoms with Crippen molar-refractivity contribution in [3.63, 3.8) is 0 Å². The summed E-state index contributed by atoms with van der Waals surface area (Å²) in [5, 5.41) is 9.68. The van der Waals surface area contributed by atoms with Crippen LogP contribution in [0, 0.1) is 0 Å². The Morgan fingerprint density at radius 3 is 2.40 bits per heavy atom. The maximum Gasteiger partial charge on any atom is 0.305 e. The van der Waals surface area contributed by atoms with Crippen molar-refractivity contribution in [3.8, 4) is 0 Å². The first-order valence-corrected chi connectivity index (χ1v) is 9.32. The van der Waals surface area contributed by atoms with Gasteiger partial charge in [0.15, 0.2) is 0 Å². The monoisotopic (exact) mass is 346 g/mol. The van der Waals surface area contributed by atoms with E-state index in [1.54, 1.807) is 6.08 Å². The van der Waals surface area contributed by atoms with Crippen molar-refractivity contribution in [2.75, 3.05) is 6.61 Å². The zero-order valence-electron chi connectivity index (χ0n) is 15.8. The van der Waals surface area contributed by atoms with E-state index in [2.05, 4.69) is 43.4 Å². The molecule has 0 aliphatic carbocycles. The summed E-state index contributed by atoms with van der Waals surface area (Å²) < 4.78 is 4.87. The molecule has 0 aromatic carbocycles. The van der Waals surface area contributed by atoms with Gasteiger partial charge in [-0.1, -0.05) is 67.7 Å². The Morgan fingerprint density at radius 1 is 0.960 bits per heavy atom. The molecule has 0 rings (SSSR count). The molecule has 1 unspecified atom stereocenters. The fraction of sp³-hybridized carbons (Fsp3) is 0.500. The molecular formula is C22H34O3. The van der Waals surface area contributed by atoms with Gasteiger partial charge in [0.25, 0.3) is 0 Å². The third kappa shape index (κ3) is 18.3. The molecular weight excluding hydrogens is 312 g/mol. The minimum Gasteiger partial charge on any atom is -0.466 e. The van der Waals surface area contributed by atoms with E-state index in [-0.39, 0.29) is 5.97 Å². The van der Waals surface area contributed by atoms with Gasteiger partial charge in [0.2, 0.25) is 0 Å². The summed E-state index contributed by atoms with van der Waals surface area (Å²) in [6.45, 7) is 4.36. The first kappa shape index (κ1) is 23.1. The van der Waals surface area contributed by atoms with E-state index in [1.165, 1.54) is 0 Å². The lowest BCUT2D eigenvalue weighted by molar-refractivity contribution is -0.143. The molecule has 0 saturated heterocycles. The number of rotatable bonds is 14. The molecule has 3 heteroatoms. The van der Waals surface area contributed by atoms with Crippen LogP contribution in [0.3, 0.4) is 0 Å². The van der Waals surface area contributed by atoms with E-state index < -0.39 is 6.10 Å². The molecule has 1 N–H and O–H groups in total. The summed E-state index contributed by atoms with van der Waals surface area (Å²) in [6.07, 6.45) is 25.6. The summed E-state index contributed by atoms with van der Waals surface area (Å²) in [5.41, 5.74) is 0. The SMILES string of the molecule is CCC=CCC(O)C=CC=CCC=CCC=CCCCC(=O)OCC. The lowest BCUT2D eigenvalue weighted by Gasteiger charge is -1.98. The maximum atomic E-state index is 11.1. The van der Waals surface area contributed by atoms with Crippen LogP contribution in [0.1, 0.15) is 58.8 Å². The summed E-state index contributed by atoms with van der Waals surface area (Å²) in [7, 11) is 0. The highest BCUT2D eigenvalue weighted by atomic mass is 16.5. The number of hydrogen-bond acceptors (Lipinski definition) is 3. The van der Waals surface area contributed by atoms with Crippen LogP contribution in [0.15, 0.2) is 60.8 Å². The van der Waals surface area contributed by atoms with Gasteiger partial charge in [-0.25, -0.2) is 0 Å². The Balaban J connectivity index is 3.63. The van der Waals surface area contributed by atoms with Crippen molar-refractivity contribution in [1.29, 1.82) is 0 Å². The highest BCUT2D eigenvalue weighted by Gasteiger charge is 1.98. The molecule has 0 bridgehead atoms. The van der Waals surface area contributed by atoms with Crippen molar-refractivity contribution in [3.05, 3.63) is 60.8 Å². The summed E-state index contributed by atoms with van der Waals surface area (Å²) in [4.78, 5) is 11.1. The highest BCUT2D eigenvalue weighted by Crippen LogP contribution is 2.01. The minimum absolute atomic E-state index is 0.110. The average Bonchev–Trinajstić information content (AvgIpc) is 2.59. The molecule has 0 saturated carbocycles. The summed E-state index contributed by atoms with van der Waals surface area (Å²) in [5.74, 6) is -0.110. The van der Waals surface area contributed by atoms with Crippen LogP contribution in [-0.4, -0.2) is 23.8 Å². The molecule has 0 heterocycles. The van der Waals surface area contributed by atoms with Crippen molar-refractivity contribution in [2.45, 2.75) is 64.9 Å². The van der Waals surface area contributed by atoms with Gasteiger partial charge < -0.3 is 9.84 Å². The molecule has 0 spiro atoms. The zero-order chi connectivity index (χ0) is 18.6. The lowest BCUT2D eigenvalue weighted by atomic mass is 10.2. The first-order chi connectivity index (χ1) is 12.2. The van der Waals surface area contributed by atoms with Crippen molar-refractivity contribution in [1.82, 2.24) is 0 Å². The van der Waals surface area contributed by atoms with Gasteiger partial charge in [-0.15, -0.1) is 0 Å². The van der Waals surface area contributed by atoms with Crippen LogP contribution >= 0.6 is 0 Å². The fourth-order valence-electron chi connectivity index (χ4n) is 1.99. The van der Waals surface area contributed by atoms with Crippen molar-refractivity contribution in [2.24, 2.45) is 0 Å². The second kappa shape index (κ2) is 18.5. The van der Waals surface area contributed by atoms with Crippen LogP contribution in [-0.2, 0) is 9.53 Å². The van der Waals surface area contributed by atoms with Crippen LogP contribution in [0.2, 0.25) is 0 Å². The molecule has 25 heavy (non-hydrogen) atoms. The molecule has 0 radical (unpaired) electrons. The Bertz CT molecular complexity index is 456. The zero-order valence-corrected chi connectivity index (χ0v) is 15.8. The van der Waals surface area contributed by atoms with E-state index in [1.807, 2.05) is 25.2 Å². The predicted octanol–water partition coefficient (Wildman–Crippen LogP) is 5.44. The van der Waals surface area contributed by atoms with Crippen LogP contribution in [0.25, 0.3) is 0 Å². The molecule has 0 aliphatic rings. The molecule has 0 aromatic heterocycles. The maximum absolute atomic E-state index is 11.1. The van der Waals surface area contributed by atoms with Gasteiger partial charge in [-0.05, 0) is 45.4 Å². The molecule has 140 valence electrons. The number of aliphatic hydroxyl groups excluding tert-OH is 1. The van der Waals surface area contributed by atoms with E-state index in [4.69, 9.17) is 4.74 Å². The van der Waals surface area contributed by atoms with Gasteiger partial charge in [0.05, 0.1) is 12.7 Å². The standard InChI is InChI=1S/C22H34O3/c1-3-5-15-18-21(23)19-16-13-11-9-7-6-8-10-12-14-17-20-22(24)25-4-2/h5-7,10-13,15-16,19,21,23H,3-4,8-9,14,17-18,20H2,1-2H3. The van der Waals surface area contributed by atoms with Crippen molar-refractivity contribution < 1.29 is 14.6 Å². The molecule has 0 aromatic rings. The number of esters is 1. The average molecular weight is 347 g/mol. The number of unbranched alkanes of at least 4 members (excludes halogenated alkanes) is 1.